The van der Waals surface area contributed by atoms with E-state index in [9.17, 15) is 0 Å². The Kier molecular flexibility index (Phi) is 5.50. The number of rotatable bonds is 5. The van der Waals surface area contributed by atoms with Gasteiger partial charge in [0.1, 0.15) is 0 Å². The fourth-order valence-electron chi connectivity index (χ4n) is 3.54. The summed E-state index contributed by atoms with van der Waals surface area (Å²) in [6, 6.07) is 0.913. The average Bonchev–Trinajstić information content (AvgIpc) is 2.78. The van der Waals surface area contributed by atoms with E-state index in [1.165, 1.54) is 58.3 Å². The minimum Gasteiger partial charge on any atom is -0.316 e. The lowest BCUT2D eigenvalue weighted by Gasteiger charge is -2.33. The molecule has 2 aliphatic rings. The van der Waals surface area contributed by atoms with Crippen molar-refractivity contribution < 1.29 is 0 Å². The Bertz CT molecular complexity index is 231. The van der Waals surface area contributed by atoms with Crippen LogP contribution in [0, 0.1) is 17.8 Å². The van der Waals surface area contributed by atoms with Crippen LogP contribution in [0.2, 0.25) is 0 Å². The van der Waals surface area contributed by atoms with Crippen LogP contribution in [-0.2, 0) is 0 Å². The summed E-state index contributed by atoms with van der Waals surface area (Å²) >= 11 is 0. The Morgan fingerprint density at radius 3 is 2.50 bits per heavy atom. The number of nitrogens with one attached hydrogen (secondary N) is 1. The van der Waals surface area contributed by atoms with E-state index >= 15 is 0 Å². The maximum atomic E-state index is 3.63. The lowest BCUT2D eigenvalue weighted by Crippen LogP contribution is -2.37. The van der Waals surface area contributed by atoms with Crippen LogP contribution in [0.15, 0.2) is 0 Å². The second kappa shape index (κ2) is 6.91. The van der Waals surface area contributed by atoms with E-state index in [0.29, 0.717) is 0 Å². The molecule has 2 fully saturated rings. The quantitative estimate of drug-likeness (QED) is 0.809. The van der Waals surface area contributed by atoms with Gasteiger partial charge in [-0.3, -0.25) is 0 Å². The predicted molar refractivity (Wildman–Crippen MR) is 78.8 cm³/mol. The summed E-state index contributed by atoms with van der Waals surface area (Å²) in [5.41, 5.74) is 0. The SMILES string of the molecule is CC(C)CNCC1CCN(C2CCC(C)CC2)C1. The molecule has 2 nitrogen and oxygen atoms in total. The standard InChI is InChI=1S/C16H32N2/c1-13(2)10-17-11-15-8-9-18(12-15)16-6-4-14(3)5-7-16/h13-17H,4-12H2,1-3H3. The van der Waals surface area contributed by atoms with Crippen LogP contribution >= 0.6 is 0 Å². The van der Waals surface area contributed by atoms with Crippen molar-refractivity contribution in [3.8, 4) is 0 Å². The first-order chi connectivity index (χ1) is 8.65. The highest BCUT2D eigenvalue weighted by molar-refractivity contribution is 4.85. The van der Waals surface area contributed by atoms with Crippen molar-refractivity contribution in [2.75, 3.05) is 26.2 Å². The molecule has 0 amide bonds. The van der Waals surface area contributed by atoms with Gasteiger partial charge in [0.15, 0.2) is 0 Å². The van der Waals surface area contributed by atoms with Crippen LogP contribution in [0.3, 0.4) is 0 Å². The molecule has 0 aromatic carbocycles. The molecule has 2 rings (SSSR count). The van der Waals surface area contributed by atoms with Crippen molar-refractivity contribution >= 4 is 0 Å². The third-order valence-corrected chi connectivity index (χ3v) is 4.80. The summed E-state index contributed by atoms with van der Waals surface area (Å²) in [6.07, 6.45) is 7.23. The van der Waals surface area contributed by atoms with Gasteiger partial charge in [-0.15, -0.1) is 0 Å². The zero-order valence-corrected chi connectivity index (χ0v) is 12.6. The molecule has 1 saturated carbocycles. The second-order valence-electron chi connectivity index (χ2n) is 7.12. The second-order valence-corrected chi connectivity index (χ2v) is 7.12. The van der Waals surface area contributed by atoms with E-state index in [-0.39, 0.29) is 0 Å². The first kappa shape index (κ1) is 14.3. The first-order valence-corrected chi connectivity index (χ1v) is 8.10. The number of likely N-dealkylation sites (tertiary alicyclic amines) is 1. The molecule has 0 radical (unpaired) electrons. The third-order valence-electron chi connectivity index (χ3n) is 4.80. The van der Waals surface area contributed by atoms with Gasteiger partial charge in [0.25, 0.3) is 0 Å². The average molecular weight is 252 g/mol. The van der Waals surface area contributed by atoms with Gasteiger partial charge in [-0.25, -0.2) is 0 Å². The number of hydrogen-bond donors (Lipinski definition) is 1. The van der Waals surface area contributed by atoms with Crippen LogP contribution in [0.5, 0.6) is 0 Å². The number of hydrogen-bond acceptors (Lipinski definition) is 2. The summed E-state index contributed by atoms with van der Waals surface area (Å²) in [7, 11) is 0. The Hall–Kier alpha value is -0.0800. The molecular weight excluding hydrogens is 220 g/mol. The summed E-state index contributed by atoms with van der Waals surface area (Å²) < 4.78 is 0. The van der Waals surface area contributed by atoms with Crippen molar-refractivity contribution in [3.05, 3.63) is 0 Å². The molecule has 1 saturated heterocycles. The Labute approximate surface area is 114 Å². The van der Waals surface area contributed by atoms with Gasteiger partial charge in [0.05, 0.1) is 0 Å². The molecule has 1 unspecified atom stereocenters. The Balaban J connectivity index is 1.65. The summed E-state index contributed by atoms with van der Waals surface area (Å²) in [5, 5.41) is 3.63. The fourth-order valence-corrected chi connectivity index (χ4v) is 3.54. The monoisotopic (exact) mass is 252 g/mol. The maximum Gasteiger partial charge on any atom is 0.00955 e. The Morgan fingerprint density at radius 1 is 1.11 bits per heavy atom. The molecule has 18 heavy (non-hydrogen) atoms. The van der Waals surface area contributed by atoms with E-state index in [1.54, 1.807) is 0 Å². The highest BCUT2D eigenvalue weighted by Gasteiger charge is 2.29. The topological polar surface area (TPSA) is 15.3 Å². The molecule has 1 aliphatic heterocycles. The minimum absolute atomic E-state index is 0.780. The molecule has 1 heterocycles. The van der Waals surface area contributed by atoms with Crippen molar-refractivity contribution in [1.29, 1.82) is 0 Å². The van der Waals surface area contributed by atoms with Crippen LogP contribution in [0.1, 0.15) is 52.9 Å². The first-order valence-electron chi connectivity index (χ1n) is 8.10. The highest BCUT2D eigenvalue weighted by Crippen LogP contribution is 2.30. The van der Waals surface area contributed by atoms with Crippen molar-refractivity contribution in [2.24, 2.45) is 17.8 Å². The molecule has 0 bridgehead atoms. The van der Waals surface area contributed by atoms with E-state index in [2.05, 4.69) is 31.0 Å². The van der Waals surface area contributed by atoms with Gasteiger partial charge in [-0.1, -0.05) is 20.8 Å². The van der Waals surface area contributed by atoms with E-state index in [4.69, 9.17) is 0 Å². The normalized spacial score (nSPS) is 34.3. The summed E-state index contributed by atoms with van der Waals surface area (Å²) in [6.45, 7) is 12.1. The molecule has 2 heteroatoms. The van der Waals surface area contributed by atoms with Crippen LogP contribution in [0.4, 0.5) is 0 Å². The molecule has 0 aromatic rings. The molecule has 106 valence electrons. The van der Waals surface area contributed by atoms with Gasteiger partial charge >= 0.3 is 0 Å². The summed E-state index contributed by atoms with van der Waals surface area (Å²) in [4.78, 5) is 2.79. The Morgan fingerprint density at radius 2 is 1.83 bits per heavy atom. The van der Waals surface area contributed by atoms with Crippen LogP contribution < -0.4 is 5.32 Å². The van der Waals surface area contributed by atoms with Crippen molar-refractivity contribution in [2.45, 2.75) is 58.9 Å². The van der Waals surface area contributed by atoms with Gasteiger partial charge < -0.3 is 10.2 Å². The molecule has 1 atom stereocenters. The van der Waals surface area contributed by atoms with Crippen LogP contribution in [0.25, 0.3) is 0 Å². The largest absolute Gasteiger partial charge is 0.316 e. The van der Waals surface area contributed by atoms with Gasteiger partial charge in [-0.05, 0) is 69.5 Å². The highest BCUT2D eigenvalue weighted by atomic mass is 15.2. The zero-order chi connectivity index (χ0) is 13.0. The lowest BCUT2D eigenvalue weighted by atomic mass is 9.87. The van der Waals surface area contributed by atoms with Crippen molar-refractivity contribution in [1.82, 2.24) is 10.2 Å². The fraction of sp³-hybridized carbons (Fsp3) is 1.00. The molecule has 1 N–H and O–H groups in total. The van der Waals surface area contributed by atoms with Gasteiger partial charge in [-0.2, -0.15) is 0 Å². The smallest absolute Gasteiger partial charge is 0.00955 e. The van der Waals surface area contributed by atoms with Gasteiger partial charge in [0, 0.05) is 12.6 Å². The molecular formula is C16H32N2. The molecule has 0 spiro atoms. The third kappa shape index (κ3) is 4.24. The summed E-state index contributed by atoms with van der Waals surface area (Å²) in [5.74, 6) is 2.66. The lowest BCUT2D eigenvalue weighted by molar-refractivity contribution is 0.164. The predicted octanol–water partition coefficient (Wildman–Crippen LogP) is 3.13. The zero-order valence-electron chi connectivity index (χ0n) is 12.6. The molecule has 1 aliphatic carbocycles. The maximum absolute atomic E-state index is 3.63. The van der Waals surface area contributed by atoms with Gasteiger partial charge in [0.2, 0.25) is 0 Å². The van der Waals surface area contributed by atoms with E-state index in [0.717, 1.165) is 23.8 Å². The van der Waals surface area contributed by atoms with E-state index < -0.39 is 0 Å². The minimum atomic E-state index is 0.780. The van der Waals surface area contributed by atoms with Crippen LogP contribution in [-0.4, -0.2) is 37.1 Å². The number of nitrogens with zero attached hydrogens (tertiary/aromatic N) is 1. The molecule has 0 aromatic heterocycles. The van der Waals surface area contributed by atoms with Crippen molar-refractivity contribution in [3.63, 3.8) is 0 Å². The van der Waals surface area contributed by atoms with E-state index in [1.807, 2.05) is 0 Å².